The van der Waals surface area contributed by atoms with Crippen LogP contribution in [0.1, 0.15) is 29.5 Å². The summed E-state index contributed by atoms with van der Waals surface area (Å²) in [5.74, 6) is 0.603. The summed E-state index contributed by atoms with van der Waals surface area (Å²) in [6.07, 6.45) is 0.876. The van der Waals surface area contributed by atoms with Gasteiger partial charge in [-0.1, -0.05) is 12.1 Å². The summed E-state index contributed by atoms with van der Waals surface area (Å²) >= 11 is 0. The lowest BCUT2D eigenvalue weighted by Gasteiger charge is -2.22. The lowest BCUT2D eigenvalue weighted by molar-refractivity contribution is 0.0563. The Labute approximate surface area is 163 Å². The Hall–Kier alpha value is -2.99. The SMILES string of the molecule is Cc1nc2ccccc2c(=O)n1-c1ccc(C(=O)N2CCCOC(C)C2)cc1. The minimum absolute atomic E-state index is 0.00962. The number of nitrogens with zero attached hydrogens (tertiary/aromatic N) is 3. The molecule has 2 aromatic carbocycles. The van der Waals surface area contributed by atoms with E-state index in [1.807, 2.05) is 36.9 Å². The molecule has 6 nitrogen and oxygen atoms in total. The van der Waals surface area contributed by atoms with Crippen LogP contribution in [0.2, 0.25) is 0 Å². The maximum Gasteiger partial charge on any atom is 0.265 e. The zero-order valence-corrected chi connectivity index (χ0v) is 16.1. The van der Waals surface area contributed by atoms with Crippen molar-refractivity contribution in [1.82, 2.24) is 14.5 Å². The summed E-state index contributed by atoms with van der Waals surface area (Å²) < 4.78 is 7.20. The van der Waals surface area contributed by atoms with Crippen molar-refractivity contribution in [3.05, 3.63) is 70.3 Å². The smallest absolute Gasteiger partial charge is 0.265 e. The number of rotatable bonds is 2. The van der Waals surface area contributed by atoms with E-state index in [2.05, 4.69) is 4.98 Å². The number of fused-ring (bicyclic) bond motifs is 1. The van der Waals surface area contributed by atoms with Crippen LogP contribution >= 0.6 is 0 Å². The van der Waals surface area contributed by atoms with Gasteiger partial charge in [0.1, 0.15) is 5.82 Å². The zero-order chi connectivity index (χ0) is 19.7. The minimum atomic E-state index is -0.110. The Kier molecular flexibility index (Phi) is 4.96. The maximum atomic E-state index is 12.9. The van der Waals surface area contributed by atoms with Gasteiger partial charge in [0.25, 0.3) is 11.5 Å². The summed E-state index contributed by atoms with van der Waals surface area (Å²) in [5, 5.41) is 0.576. The van der Waals surface area contributed by atoms with Gasteiger partial charge in [-0.25, -0.2) is 4.98 Å². The molecule has 1 atom stereocenters. The van der Waals surface area contributed by atoms with Crippen LogP contribution in [0.4, 0.5) is 0 Å². The van der Waals surface area contributed by atoms with Gasteiger partial charge in [-0.05, 0) is 56.7 Å². The summed E-state index contributed by atoms with van der Waals surface area (Å²) in [6.45, 7) is 5.76. The number of carbonyl (C=O) groups excluding carboxylic acids is 1. The van der Waals surface area contributed by atoms with Crippen LogP contribution in [0, 0.1) is 6.92 Å². The molecule has 0 aliphatic carbocycles. The van der Waals surface area contributed by atoms with Crippen LogP contribution in [0.25, 0.3) is 16.6 Å². The van der Waals surface area contributed by atoms with Crippen molar-refractivity contribution in [2.24, 2.45) is 0 Å². The number of hydrogen-bond donors (Lipinski definition) is 0. The van der Waals surface area contributed by atoms with Crippen molar-refractivity contribution >= 4 is 16.8 Å². The standard InChI is InChI=1S/C22H23N3O3/c1-15-14-24(12-5-13-28-15)21(26)17-8-10-18(11-9-17)25-16(2)23-20-7-4-3-6-19(20)22(25)27/h3-4,6-11,15H,5,12-14H2,1-2H3. The first-order valence-corrected chi connectivity index (χ1v) is 9.54. The van der Waals surface area contributed by atoms with E-state index in [0.717, 1.165) is 6.42 Å². The molecule has 144 valence electrons. The minimum Gasteiger partial charge on any atom is -0.377 e. The molecule has 1 fully saturated rings. The third kappa shape index (κ3) is 3.43. The van der Waals surface area contributed by atoms with E-state index in [9.17, 15) is 9.59 Å². The van der Waals surface area contributed by atoms with Crippen molar-refractivity contribution in [2.75, 3.05) is 19.7 Å². The molecule has 0 spiro atoms. The third-order valence-electron chi connectivity index (χ3n) is 5.06. The monoisotopic (exact) mass is 377 g/mol. The predicted octanol–water partition coefficient (Wildman–Crippen LogP) is 2.95. The van der Waals surface area contributed by atoms with E-state index in [1.165, 1.54) is 0 Å². The molecule has 2 heterocycles. The largest absolute Gasteiger partial charge is 0.377 e. The molecule has 3 aromatic rings. The second-order valence-corrected chi connectivity index (χ2v) is 7.15. The van der Waals surface area contributed by atoms with Crippen LogP contribution in [0.5, 0.6) is 0 Å². The molecule has 1 aliphatic rings. The Balaban J connectivity index is 1.66. The number of amides is 1. The van der Waals surface area contributed by atoms with Gasteiger partial charge in [-0.3, -0.25) is 14.2 Å². The first-order valence-electron chi connectivity index (χ1n) is 9.54. The highest BCUT2D eigenvalue weighted by atomic mass is 16.5. The molecule has 4 rings (SSSR count). The fourth-order valence-electron chi connectivity index (χ4n) is 3.66. The van der Waals surface area contributed by atoms with Crippen molar-refractivity contribution in [2.45, 2.75) is 26.4 Å². The summed E-state index contributed by atoms with van der Waals surface area (Å²) in [4.78, 5) is 32.1. The van der Waals surface area contributed by atoms with Crippen molar-refractivity contribution in [1.29, 1.82) is 0 Å². The molecule has 0 saturated carbocycles. The summed E-state index contributed by atoms with van der Waals surface area (Å²) in [5.41, 5.74) is 1.88. The van der Waals surface area contributed by atoms with Crippen molar-refractivity contribution in [3.8, 4) is 5.69 Å². The van der Waals surface area contributed by atoms with Gasteiger partial charge < -0.3 is 9.64 Å². The first kappa shape index (κ1) is 18.4. The Morgan fingerprint density at radius 3 is 2.68 bits per heavy atom. The molecule has 0 radical (unpaired) electrons. The van der Waals surface area contributed by atoms with Gasteiger partial charge in [-0.15, -0.1) is 0 Å². The van der Waals surface area contributed by atoms with Crippen LogP contribution < -0.4 is 5.56 Å². The second-order valence-electron chi connectivity index (χ2n) is 7.15. The lowest BCUT2D eigenvalue weighted by Crippen LogP contribution is -2.35. The first-order chi connectivity index (χ1) is 13.5. The molecule has 28 heavy (non-hydrogen) atoms. The van der Waals surface area contributed by atoms with E-state index >= 15 is 0 Å². The normalized spacial score (nSPS) is 17.5. The van der Waals surface area contributed by atoms with Gasteiger partial charge >= 0.3 is 0 Å². The Morgan fingerprint density at radius 1 is 1.14 bits per heavy atom. The second kappa shape index (κ2) is 7.56. The van der Waals surface area contributed by atoms with Gasteiger partial charge in [0.15, 0.2) is 0 Å². The third-order valence-corrected chi connectivity index (χ3v) is 5.06. The number of hydrogen-bond acceptors (Lipinski definition) is 4. The van der Waals surface area contributed by atoms with E-state index in [1.54, 1.807) is 34.9 Å². The number of ether oxygens (including phenoxy) is 1. The summed E-state index contributed by atoms with van der Waals surface area (Å²) in [6, 6.07) is 14.5. The number of benzene rings is 2. The molecule has 1 unspecified atom stereocenters. The van der Waals surface area contributed by atoms with Crippen LogP contribution in [0.3, 0.4) is 0 Å². The highest BCUT2D eigenvalue weighted by Gasteiger charge is 2.21. The lowest BCUT2D eigenvalue weighted by atomic mass is 10.1. The average Bonchev–Trinajstić information content (AvgIpc) is 2.92. The molecule has 6 heteroatoms. The fraction of sp³-hybridized carbons (Fsp3) is 0.318. The molecule has 0 bridgehead atoms. The van der Waals surface area contributed by atoms with E-state index in [-0.39, 0.29) is 17.6 Å². The number of aromatic nitrogens is 2. The summed E-state index contributed by atoms with van der Waals surface area (Å²) in [7, 11) is 0. The maximum absolute atomic E-state index is 12.9. The highest BCUT2D eigenvalue weighted by Crippen LogP contribution is 2.16. The van der Waals surface area contributed by atoms with Crippen molar-refractivity contribution in [3.63, 3.8) is 0 Å². The number of carbonyl (C=O) groups is 1. The van der Waals surface area contributed by atoms with Gasteiger partial charge in [0, 0.05) is 25.3 Å². The van der Waals surface area contributed by atoms with Crippen LogP contribution in [-0.2, 0) is 4.74 Å². The molecule has 0 N–H and O–H groups in total. The Bertz CT molecular complexity index is 1070. The molecule has 1 aliphatic heterocycles. The van der Waals surface area contributed by atoms with Crippen LogP contribution in [-0.4, -0.2) is 46.2 Å². The van der Waals surface area contributed by atoms with Gasteiger partial charge in [0.2, 0.25) is 0 Å². The van der Waals surface area contributed by atoms with E-state index in [0.29, 0.717) is 47.7 Å². The molecular weight excluding hydrogens is 354 g/mol. The average molecular weight is 377 g/mol. The molecule has 1 amide bonds. The highest BCUT2D eigenvalue weighted by molar-refractivity contribution is 5.94. The molecule has 1 saturated heterocycles. The molecule has 1 aromatic heterocycles. The van der Waals surface area contributed by atoms with Gasteiger partial charge in [0.05, 0.1) is 22.7 Å². The Morgan fingerprint density at radius 2 is 1.89 bits per heavy atom. The zero-order valence-electron chi connectivity index (χ0n) is 16.1. The number of aryl methyl sites for hydroxylation is 1. The van der Waals surface area contributed by atoms with Crippen molar-refractivity contribution < 1.29 is 9.53 Å². The van der Waals surface area contributed by atoms with E-state index < -0.39 is 0 Å². The molecular formula is C22H23N3O3. The van der Waals surface area contributed by atoms with Crippen LogP contribution in [0.15, 0.2) is 53.3 Å². The van der Waals surface area contributed by atoms with E-state index in [4.69, 9.17) is 4.74 Å². The predicted molar refractivity (Wildman–Crippen MR) is 108 cm³/mol. The fourth-order valence-corrected chi connectivity index (χ4v) is 3.66. The topological polar surface area (TPSA) is 64.4 Å². The number of para-hydroxylation sites is 1. The quantitative estimate of drug-likeness (QED) is 0.689. The van der Waals surface area contributed by atoms with Gasteiger partial charge in [-0.2, -0.15) is 0 Å².